The number of hydrogen-bond acceptors (Lipinski definition) is 4. The quantitative estimate of drug-likeness (QED) is 0.701. The van der Waals surface area contributed by atoms with Gasteiger partial charge in [0.15, 0.2) is 5.82 Å². The number of aromatic nitrogens is 2. The summed E-state index contributed by atoms with van der Waals surface area (Å²) in [7, 11) is 1.72. The van der Waals surface area contributed by atoms with E-state index in [1.54, 1.807) is 7.05 Å². The van der Waals surface area contributed by atoms with Crippen LogP contribution in [0.25, 0.3) is 0 Å². The SMILES string of the molecule is CCCOCCC(=O)Nc1c(N)cnn1C. The van der Waals surface area contributed by atoms with Gasteiger partial charge >= 0.3 is 0 Å². The molecule has 1 amide bonds. The fourth-order valence-electron chi connectivity index (χ4n) is 1.21. The molecule has 16 heavy (non-hydrogen) atoms. The number of nitrogens with zero attached hydrogens (tertiary/aromatic N) is 2. The Kier molecular flexibility index (Phi) is 4.78. The van der Waals surface area contributed by atoms with Crippen LogP contribution in [0.1, 0.15) is 19.8 Å². The van der Waals surface area contributed by atoms with Gasteiger partial charge in [-0.05, 0) is 6.42 Å². The lowest BCUT2D eigenvalue weighted by Gasteiger charge is -2.06. The first-order valence-corrected chi connectivity index (χ1v) is 5.30. The van der Waals surface area contributed by atoms with Crippen molar-refractivity contribution in [3.05, 3.63) is 6.20 Å². The molecule has 0 fully saturated rings. The number of nitrogens with two attached hydrogens (primary N) is 1. The van der Waals surface area contributed by atoms with E-state index >= 15 is 0 Å². The summed E-state index contributed by atoms with van der Waals surface area (Å²) in [5, 5.41) is 6.62. The Morgan fingerprint density at radius 1 is 1.62 bits per heavy atom. The van der Waals surface area contributed by atoms with Crippen molar-refractivity contribution in [2.24, 2.45) is 7.05 Å². The lowest BCUT2D eigenvalue weighted by Crippen LogP contribution is -2.17. The van der Waals surface area contributed by atoms with Crippen molar-refractivity contribution in [3.8, 4) is 0 Å². The summed E-state index contributed by atoms with van der Waals surface area (Å²) in [6, 6.07) is 0. The maximum atomic E-state index is 11.5. The Balaban J connectivity index is 2.34. The number of hydrogen-bond donors (Lipinski definition) is 2. The summed E-state index contributed by atoms with van der Waals surface area (Å²) in [4.78, 5) is 11.5. The highest BCUT2D eigenvalue weighted by Gasteiger charge is 2.09. The van der Waals surface area contributed by atoms with Crippen LogP contribution < -0.4 is 11.1 Å². The van der Waals surface area contributed by atoms with Gasteiger partial charge < -0.3 is 15.8 Å². The van der Waals surface area contributed by atoms with Crippen LogP contribution in [-0.2, 0) is 16.6 Å². The van der Waals surface area contributed by atoms with E-state index < -0.39 is 0 Å². The molecule has 1 aromatic rings. The van der Waals surface area contributed by atoms with Crippen LogP contribution in [0.15, 0.2) is 6.20 Å². The Labute approximate surface area is 94.8 Å². The average molecular weight is 226 g/mol. The predicted molar refractivity (Wildman–Crippen MR) is 62.0 cm³/mol. The monoisotopic (exact) mass is 226 g/mol. The van der Waals surface area contributed by atoms with Crippen molar-refractivity contribution in [2.75, 3.05) is 24.3 Å². The maximum Gasteiger partial charge on any atom is 0.227 e. The number of nitrogens with one attached hydrogen (secondary N) is 1. The maximum absolute atomic E-state index is 11.5. The number of amides is 1. The molecule has 1 rings (SSSR count). The largest absolute Gasteiger partial charge is 0.394 e. The van der Waals surface area contributed by atoms with Crippen molar-refractivity contribution in [3.63, 3.8) is 0 Å². The van der Waals surface area contributed by atoms with E-state index in [9.17, 15) is 4.79 Å². The van der Waals surface area contributed by atoms with E-state index in [4.69, 9.17) is 10.5 Å². The van der Waals surface area contributed by atoms with Crippen LogP contribution in [-0.4, -0.2) is 28.9 Å². The van der Waals surface area contributed by atoms with E-state index in [0.717, 1.165) is 6.42 Å². The van der Waals surface area contributed by atoms with Gasteiger partial charge in [0, 0.05) is 13.7 Å². The summed E-state index contributed by atoms with van der Waals surface area (Å²) < 4.78 is 6.75. The van der Waals surface area contributed by atoms with Gasteiger partial charge in [-0.15, -0.1) is 0 Å². The Morgan fingerprint density at radius 2 is 2.38 bits per heavy atom. The minimum absolute atomic E-state index is 0.119. The Bertz CT molecular complexity index is 329. The molecule has 0 saturated heterocycles. The smallest absolute Gasteiger partial charge is 0.227 e. The van der Waals surface area contributed by atoms with E-state index in [-0.39, 0.29) is 5.91 Å². The van der Waals surface area contributed by atoms with Gasteiger partial charge in [-0.2, -0.15) is 5.10 Å². The normalized spacial score (nSPS) is 10.4. The Hall–Kier alpha value is -1.56. The first-order chi connectivity index (χ1) is 7.65. The zero-order valence-electron chi connectivity index (χ0n) is 9.69. The molecule has 0 aliphatic carbocycles. The zero-order valence-corrected chi connectivity index (χ0v) is 9.69. The third-order valence-corrected chi connectivity index (χ3v) is 2.05. The van der Waals surface area contributed by atoms with Crippen LogP contribution in [0.4, 0.5) is 11.5 Å². The molecule has 0 saturated carbocycles. The van der Waals surface area contributed by atoms with Gasteiger partial charge in [0.2, 0.25) is 5.91 Å². The lowest BCUT2D eigenvalue weighted by molar-refractivity contribution is -0.117. The summed E-state index contributed by atoms with van der Waals surface area (Å²) in [5.41, 5.74) is 6.10. The molecule has 1 heterocycles. The van der Waals surface area contributed by atoms with Crippen LogP contribution in [0, 0.1) is 0 Å². The summed E-state index contributed by atoms with van der Waals surface area (Å²) >= 11 is 0. The van der Waals surface area contributed by atoms with E-state index in [1.807, 2.05) is 6.92 Å². The second-order valence-corrected chi connectivity index (χ2v) is 3.48. The molecule has 6 nitrogen and oxygen atoms in total. The average Bonchev–Trinajstić information content (AvgIpc) is 2.56. The molecule has 90 valence electrons. The molecule has 0 aliphatic heterocycles. The molecular weight excluding hydrogens is 208 g/mol. The van der Waals surface area contributed by atoms with Crippen LogP contribution in [0.5, 0.6) is 0 Å². The second-order valence-electron chi connectivity index (χ2n) is 3.48. The van der Waals surface area contributed by atoms with Crippen LogP contribution >= 0.6 is 0 Å². The number of rotatable bonds is 6. The first-order valence-electron chi connectivity index (χ1n) is 5.30. The minimum atomic E-state index is -0.119. The summed E-state index contributed by atoms with van der Waals surface area (Å²) in [6.45, 7) is 3.13. The molecule has 0 bridgehead atoms. The van der Waals surface area contributed by atoms with Gasteiger partial charge in [-0.25, -0.2) is 0 Å². The number of nitrogen functional groups attached to an aromatic ring is 1. The molecule has 0 atom stereocenters. The molecule has 6 heteroatoms. The van der Waals surface area contributed by atoms with Gasteiger partial charge in [-0.1, -0.05) is 6.92 Å². The summed E-state index contributed by atoms with van der Waals surface area (Å²) in [5.74, 6) is 0.409. The molecule has 3 N–H and O–H groups in total. The van der Waals surface area contributed by atoms with Crippen molar-refractivity contribution >= 4 is 17.4 Å². The van der Waals surface area contributed by atoms with Gasteiger partial charge in [-0.3, -0.25) is 9.48 Å². The second kappa shape index (κ2) is 6.12. The van der Waals surface area contributed by atoms with Crippen molar-refractivity contribution < 1.29 is 9.53 Å². The molecule has 0 aromatic carbocycles. The first kappa shape index (κ1) is 12.5. The van der Waals surface area contributed by atoms with Gasteiger partial charge in [0.05, 0.1) is 24.9 Å². The van der Waals surface area contributed by atoms with Crippen LogP contribution in [0.3, 0.4) is 0 Å². The summed E-state index contributed by atoms with van der Waals surface area (Å²) in [6.07, 6.45) is 2.78. The third-order valence-electron chi connectivity index (χ3n) is 2.05. The van der Waals surface area contributed by atoms with Crippen molar-refractivity contribution in [1.29, 1.82) is 0 Å². The highest BCUT2D eigenvalue weighted by Crippen LogP contribution is 2.15. The molecule has 0 spiro atoms. The van der Waals surface area contributed by atoms with Crippen LogP contribution in [0.2, 0.25) is 0 Å². The van der Waals surface area contributed by atoms with Crippen molar-refractivity contribution in [2.45, 2.75) is 19.8 Å². The Morgan fingerprint density at radius 3 is 2.94 bits per heavy atom. The van der Waals surface area contributed by atoms with E-state index in [2.05, 4.69) is 10.4 Å². The molecule has 0 radical (unpaired) electrons. The highest BCUT2D eigenvalue weighted by molar-refractivity contribution is 5.92. The number of ether oxygens (including phenoxy) is 1. The third kappa shape index (κ3) is 3.54. The number of carbonyl (C=O) groups excluding carboxylic acids is 1. The van der Waals surface area contributed by atoms with Crippen molar-refractivity contribution in [1.82, 2.24) is 9.78 Å². The minimum Gasteiger partial charge on any atom is -0.394 e. The van der Waals surface area contributed by atoms with Gasteiger partial charge in [0.1, 0.15) is 0 Å². The predicted octanol–water partition coefficient (Wildman–Crippen LogP) is 0.757. The van der Waals surface area contributed by atoms with E-state index in [1.165, 1.54) is 10.9 Å². The highest BCUT2D eigenvalue weighted by atomic mass is 16.5. The standard InChI is InChI=1S/C10H18N4O2/c1-3-5-16-6-4-9(15)13-10-8(11)7-12-14(10)2/h7H,3-6,11H2,1-2H3,(H,13,15). The molecule has 0 unspecified atom stereocenters. The van der Waals surface area contributed by atoms with E-state index in [0.29, 0.717) is 31.1 Å². The zero-order chi connectivity index (χ0) is 12.0. The fourth-order valence-corrected chi connectivity index (χ4v) is 1.21. The molecule has 0 aliphatic rings. The topological polar surface area (TPSA) is 82.2 Å². The fraction of sp³-hybridized carbons (Fsp3) is 0.600. The number of aryl methyl sites for hydroxylation is 1. The number of carbonyl (C=O) groups is 1. The lowest BCUT2D eigenvalue weighted by atomic mass is 10.4. The molecule has 1 aromatic heterocycles. The number of anilines is 2. The van der Waals surface area contributed by atoms with Gasteiger partial charge in [0.25, 0.3) is 0 Å². The molecular formula is C10H18N4O2.